The predicted octanol–water partition coefficient (Wildman–Crippen LogP) is 2.90. The molecule has 1 aromatic carbocycles. The second-order valence-corrected chi connectivity index (χ2v) is 9.71. The van der Waals surface area contributed by atoms with Crippen molar-refractivity contribution >= 4 is 11.6 Å². The van der Waals surface area contributed by atoms with E-state index >= 15 is 0 Å². The Morgan fingerprint density at radius 2 is 1.71 bits per heavy atom. The number of methoxy groups -OCH3 is 1. The first kappa shape index (κ1) is 18.3. The second kappa shape index (κ2) is 7.25. The molecule has 5 nitrogen and oxygen atoms in total. The summed E-state index contributed by atoms with van der Waals surface area (Å²) in [5.41, 5.74) is 1.34. The van der Waals surface area contributed by atoms with Crippen molar-refractivity contribution in [2.75, 3.05) is 44.7 Å². The van der Waals surface area contributed by atoms with Gasteiger partial charge in [-0.2, -0.15) is 0 Å². The predicted molar refractivity (Wildman–Crippen MR) is 111 cm³/mol. The van der Waals surface area contributed by atoms with E-state index in [-0.39, 0.29) is 11.4 Å². The molecule has 152 valence electrons. The molecular formula is C23H33N3O2. The normalized spacial score (nSPS) is 34.5. The summed E-state index contributed by atoms with van der Waals surface area (Å²) in [7, 11) is 1.71. The first-order chi connectivity index (χ1) is 13.6. The summed E-state index contributed by atoms with van der Waals surface area (Å²) >= 11 is 0. The number of ether oxygens (including phenoxy) is 1. The summed E-state index contributed by atoms with van der Waals surface area (Å²) in [5, 5.41) is 3.52. The van der Waals surface area contributed by atoms with Gasteiger partial charge in [-0.15, -0.1) is 0 Å². The Morgan fingerprint density at radius 3 is 2.32 bits per heavy atom. The summed E-state index contributed by atoms with van der Waals surface area (Å²) in [5.74, 6) is 3.76. The third-order valence-corrected chi connectivity index (χ3v) is 7.60. The van der Waals surface area contributed by atoms with E-state index in [1.807, 2.05) is 12.1 Å². The van der Waals surface area contributed by atoms with Gasteiger partial charge in [-0.25, -0.2) is 0 Å². The van der Waals surface area contributed by atoms with E-state index in [9.17, 15) is 4.79 Å². The Balaban J connectivity index is 1.13. The lowest BCUT2D eigenvalue weighted by Crippen LogP contribution is -2.61. The SMILES string of the molecule is COc1cccc(N2CCN(CC(=O)NC34CC5CC(CC(C5)C3)C4)CC2)c1. The molecule has 5 heteroatoms. The van der Waals surface area contributed by atoms with Crippen LogP contribution in [0.15, 0.2) is 24.3 Å². The van der Waals surface area contributed by atoms with Gasteiger partial charge >= 0.3 is 0 Å². The van der Waals surface area contributed by atoms with Gasteiger partial charge < -0.3 is 15.0 Å². The minimum atomic E-state index is 0.133. The monoisotopic (exact) mass is 383 g/mol. The summed E-state index contributed by atoms with van der Waals surface area (Å²) in [6, 6.07) is 8.25. The highest BCUT2D eigenvalue weighted by Gasteiger charge is 2.51. The number of nitrogens with one attached hydrogen (secondary N) is 1. The number of amides is 1. The van der Waals surface area contributed by atoms with Gasteiger partial charge in [0.15, 0.2) is 0 Å². The lowest BCUT2D eigenvalue weighted by Gasteiger charge is -2.57. The molecule has 4 aliphatic carbocycles. The number of carbonyl (C=O) groups is 1. The topological polar surface area (TPSA) is 44.8 Å². The molecule has 1 heterocycles. The van der Waals surface area contributed by atoms with Crippen LogP contribution < -0.4 is 15.0 Å². The fourth-order valence-corrected chi connectivity index (χ4v) is 6.77. The summed E-state index contributed by atoms with van der Waals surface area (Å²) < 4.78 is 5.34. The average Bonchev–Trinajstić information content (AvgIpc) is 2.67. The van der Waals surface area contributed by atoms with E-state index in [0.717, 1.165) is 49.7 Å². The first-order valence-electron chi connectivity index (χ1n) is 11.0. The summed E-state index contributed by atoms with van der Waals surface area (Å²) in [6.45, 7) is 4.33. The Kier molecular flexibility index (Phi) is 4.74. The van der Waals surface area contributed by atoms with Crippen molar-refractivity contribution in [3.8, 4) is 5.75 Å². The molecule has 4 bridgehead atoms. The number of anilines is 1. The lowest BCUT2D eigenvalue weighted by molar-refractivity contribution is -0.128. The molecule has 1 saturated heterocycles. The van der Waals surface area contributed by atoms with Crippen LogP contribution in [0.25, 0.3) is 0 Å². The molecule has 1 amide bonds. The average molecular weight is 384 g/mol. The van der Waals surface area contributed by atoms with Gasteiger partial charge in [0.25, 0.3) is 0 Å². The number of nitrogens with zero attached hydrogens (tertiary/aromatic N) is 2. The Labute approximate surface area is 168 Å². The minimum Gasteiger partial charge on any atom is -0.497 e. The van der Waals surface area contributed by atoms with Crippen LogP contribution in [0.3, 0.4) is 0 Å². The lowest BCUT2D eigenvalue weighted by atomic mass is 9.53. The Bertz CT molecular complexity index is 691. The van der Waals surface area contributed by atoms with Gasteiger partial charge in [-0.3, -0.25) is 9.69 Å². The van der Waals surface area contributed by atoms with Crippen LogP contribution in [0, 0.1) is 17.8 Å². The molecule has 0 atom stereocenters. The number of rotatable bonds is 5. The molecule has 6 rings (SSSR count). The second-order valence-electron chi connectivity index (χ2n) is 9.71. The van der Waals surface area contributed by atoms with Crippen molar-refractivity contribution in [2.45, 2.75) is 44.1 Å². The third-order valence-electron chi connectivity index (χ3n) is 7.60. The van der Waals surface area contributed by atoms with E-state index in [1.54, 1.807) is 7.11 Å². The Hall–Kier alpha value is -1.75. The number of piperazine rings is 1. The van der Waals surface area contributed by atoms with Gasteiger partial charge in [0.05, 0.1) is 13.7 Å². The molecule has 4 saturated carbocycles. The van der Waals surface area contributed by atoms with Crippen molar-refractivity contribution < 1.29 is 9.53 Å². The third kappa shape index (κ3) is 3.61. The molecule has 5 aliphatic rings. The maximum Gasteiger partial charge on any atom is 0.234 e. The van der Waals surface area contributed by atoms with Crippen molar-refractivity contribution in [3.63, 3.8) is 0 Å². The van der Waals surface area contributed by atoms with Gasteiger partial charge in [-0.1, -0.05) is 6.07 Å². The summed E-state index contributed by atoms with van der Waals surface area (Å²) in [6.07, 6.45) is 7.95. The van der Waals surface area contributed by atoms with Crippen molar-refractivity contribution in [1.82, 2.24) is 10.2 Å². The smallest absolute Gasteiger partial charge is 0.234 e. The molecule has 1 aromatic rings. The highest BCUT2D eigenvalue weighted by molar-refractivity contribution is 5.79. The number of benzene rings is 1. The van der Waals surface area contributed by atoms with E-state index in [0.29, 0.717) is 6.54 Å². The number of carbonyl (C=O) groups excluding carboxylic acids is 1. The van der Waals surface area contributed by atoms with Crippen LogP contribution in [0.4, 0.5) is 5.69 Å². The quantitative estimate of drug-likeness (QED) is 0.849. The Morgan fingerprint density at radius 1 is 1.07 bits per heavy atom. The zero-order chi connectivity index (χ0) is 19.1. The first-order valence-corrected chi connectivity index (χ1v) is 11.0. The minimum absolute atomic E-state index is 0.133. The molecule has 1 aliphatic heterocycles. The zero-order valence-corrected chi connectivity index (χ0v) is 17.0. The molecule has 0 spiro atoms. The molecule has 0 aromatic heterocycles. The molecule has 28 heavy (non-hydrogen) atoms. The summed E-state index contributed by atoms with van der Waals surface area (Å²) in [4.78, 5) is 17.5. The maximum atomic E-state index is 12.8. The van der Waals surface area contributed by atoms with E-state index in [2.05, 4.69) is 27.2 Å². The molecule has 5 fully saturated rings. The van der Waals surface area contributed by atoms with E-state index in [1.165, 1.54) is 44.2 Å². The molecule has 1 N–H and O–H groups in total. The van der Waals surface area contributed by atoms with Crippen LogP contribution in [-0.4, -0.2) is 56.2 Å². The highest BCUT2D eigenvalue weighted by Crippen LogP contribution is 2.55. The van der Waals surface area contributed by atoms with Crippen LogP contribution in [0.5, 0.6) is 5.75 Å². The van der Waals surface area contributed by atoms with Crippen LogP contribution >= 0.6 is 0 Å². The van der Waals surface area contributed by atoms with Gasteiger partial charge in [0, 0.05) is 43.5 Å². The number of hydrogen-bond acceptors (Lipinski definition) is 4. The fraction of sp³-hybridized carbons (Fsp3) is 0.696. The van der Waals surface area contributed by atoms with Crippen molar-refractivity contribution in [1.29, 1.82) is 0 Å². The van der Waals surface area contributed by atoms with Gasteiger partial charge in [-0.05, 0) is 68.4 Å². The van der Waals surface area contributed by atoms with Crippen molar-refractivity contribution in [2.24, 2.45) is 17.8 Å². The number of hydrogen-bond donors (Lipinski definition) is 1. The molecule has 0 unspecified atom stereocenters. The van der Waals surface area contributed by atoms with Gasteiger partial charge in [0.1, 0.15) is 5.75 Å². The largest absolute Gasteiger partial charge is 0.497 e. The van der Waals surface area contributed by atoms with Crippen LogP contribution in [0.1, 0.15) is 38.5 Å². The van der Waals surface area contributed by atoms with Crippen LogP contribution in [0.2, 0.25) is 0 Å². The standard InChI is InChI=1S/C23H33N3O2/c1-28-21-4-2-3-20(12-21)26-7-5-25(6-8-26)16-22(27)24-23-13-17-9-18(14-23)11-19(10-17)15-23/h2-4,12,17-19H,5-11,13-16H2,1H3,(H,24,27). The van der Waals surface area contributed by atoms with Crippen LogP contribution in [-0.2, 0) is 4.79 Å². The zero-order valence-electron chi connectivity index (χ0n) is 17.0. The fourth-order valence-electron chi connectivity index (χ4n) is 6.77. The van der Waals surface area contributed by atoms with Crippen molar-refractivity contribution in [3.05, 3.63) is 24.3 Å². The highest BCUT2D eigenvalue weighted by atomic mass is 16.5. The van der Waals surface area contributed by atoms with E-state index in [4.69, 9.17) is 4.74 Å². The van der Waals surface area contributed by atoms with Gasteiger partial charge in [0.2, 0.25) is 5.91 Å². The molecule has 0 radical (unpaired) electrons. The van der Waals surface area contributed by atoms with E-state index < -0.39 is 0 Å². The molecular weight excluding hydrogens is 350 g/mol. The maximum absolute atomic E-state index is 12.8.